The van der Waals surface area contributed by atoms with Crippen LogP contribution in [0.2, 0.25) is 0 Å². The molecule has 45 heavy (non-hydrogen) atoms. The van der Waals surface area contributed by atoms with Gasteiger partial charge in [0.15, 0.2) is 0 Å². The first kappa shape index (κ1) is 24.9. The lowest BCUT2D eigenvalue weighted by Gasteiger charge is -2.35. The summed E-state index contributed by atoms with van der Waals surface area (Å²) in [5.74, 6) is 0. The Balaban J connectivity index is 1.33. The van der Waals surface area contributed by atoms with Crippen molar-refractivity contribution in [2.75, 3.05) is 4.90 Å². The predicted molar refractivity (Wildman–Crippen MR) is 190 cm³/mol. The number of hydrogen-bond donors (Lipinski definition) is 0. The van der Waals surface area contributed by atoms with Crippen LogP contribution in [0, 0.1) is 0 Å². The third kappa shape index (κ3) is 3.27. The van der Waals surface area contributed by atoms with Crippen molar-refractivity contribution < 1.29 is 0 Å². The highest BCUT2D eigenvalue weighted by atomic mass is 32.1. The monoisotopic (exact) mass is 589 g/mol. The average Bonchev–Trinajstić information content (AvgIpc) is 3.73. The van der Waals surface area contributed by atoms with E-state index in [0.29, 0.717) is 0 Å². The molecule has 8 aromatic rings. The standard InChI is InChI=1S/C43H27NS/c1-2-13-28(14-3-1)44(29-25-26-41-35(27-29)33-18-7-11-24-40(33)45-41)39-23-12-19-34-32-17-6-10-22-38(32)43(42(34)39)36-20-8-4-15-30(36)31-16-5-9-21-37(31)43/h1-27H. The van der Waals surface area contributed by atoms with Crippen LogP contribution in [0.1, 0.15) is 22.3 Å². The Kier molecular flexibility index (Phi) is 5.14. The number of rotatable bonds is 3. The molecule has 0 bridgehead atoms. The summed E-state index contributed by atoms with van der Waals surface area (Å²) in [7, 11) is 0. The van der Waals surface area contributed by atoms with Gasteiger partial charge in [-0.1, -0.05) is 121 Å². The number of anilines is 3. The fourth-order valence-corrected chi connectivity index (χ4v) is 9.26. The van der Waals surface area contributed by atoms with Crippen LogP contribution in [-0.2, 0) is 5.41 Å². The molecule has 0 N–H and O–H groups in total. The molecule has 7 aromatic carbocycles. The molecule has 1 spiro atoms. The number of hydrogen-bond acceptors (Lipinski definition) is 2. The molecule has 0 radical (unpaired) electrons. The predicted octanol–water partition coefficient (Wildman–Crippen LogP) is 11.9. The normalized spacial score (nSPS) is 13.5. The van der Waals surface area contributed by atoms with Crippen LogP contribution in [0.4, 0.5) is 17.1 Å². The third-order valence-corrected chi connectivity index (χ3v) is 11.0. The van der Waals surface area contributed by atoms with Gasteiger partial charge in [-0.25, -0.2) is 0 Å². The highest BCUT2D eigenvalue weighted by Gasteiger charge is 2.53. The summed E-state index contributed by atoms with van der Waals surface area (Å²) in [6.07, 6.45) is 0. The van der Waals surface area contributed by atoms with Gasteiger partial charge >= 0.3 is 0 Å². The second-order valence-electron chi connectivity index (χ2n) is 12.0. The van der Waals surface area contributed by atoms with Crippen LogP contribution >= 0.6 is 11.3 Å². The highest BCUT2D eigenvalue weighted by molar-refractivity contribution is 7.25. The van der Waals surface area contributed by atoms with E-state index in [1.165, 1.54) is 70.4 Å². The van der Waals surface area contributed by atoms with Crippen molar-refractivity contribution in [2.24, 2.45) is 0 Å². The van der Waals surface area contributed by atoms with Gasteiger partial charge in [0, 0.05) is 37.1 Å². The molecule has 2 aliphatic carbocycles. The van der Waals surface area contributed by atoms with Crippen molar-refractivity contribution in [3.05, 3.63) is 186 Å². The molecule has 0 unspecified atom stereocenters. The largest absolute Gasteiger partial charge is 0.310 e. The van der Waals surface area contributed by atoms with Gasteiger partial charge in [0.05, 0.1) is 11.1 Å². The fraction of sp³-hybridized carbons (Fsp3) is 0.0233. The van der Waals surface area contributed by atoms with Gasteiger partial charge in [0.25, 0.3) is 0 Å². The quantitative estimate of drug-likeness (QED) is 0.198. The minimum Gasteiger partial charge on any atom is -0.310 e. The Morgan fingerprint density at radius 3 is 1.67 bits per heavy atom. The van der Waals surface area contributed by atoms with Gasteiger partial charge in [-0.05, 0) is 81.4 Å². The van der Waals surface area contributed by atoms with Gasteiger partial charge in [0.2, 0.25) is 0 Å². The van der Waals surface area contributed by atoms with Gasteiger partial charge in [-0.2, -0.15) is 0 Å². The van der Waals surface area contributed by atoms with E-state index in [4.69, 9.17) is 0 Å². The molecule has 10 rings (SSSR count). The molecule has 1 nitrogen and oxygen atoms in total. The smallest absolute Gasteiger partial charge is 0.0746 e. The first-order valence-electron chi connectivity index (χ1n) is 15.5. The molecular weight excluding hydrogens is 563 g/mol. The Bertz CT molecular complexity index is 2390. The van der Waals surface area contributed by atoms with Crippen molar-refractivity contribution in [3.63, 3.8) is 0 Å². The molecule has 2 aliphatic rings. The summed E-state index contributed by atoms with van der Waals surface area (Å²) < 4.78 is 2.64. The summed E-state index contributed by atoms with van der Waals surface area (Å²) in [6.45, 7) is 0. The van der Waals surface area contributed by atoms with Crippen molar-refractivity contribution in [3.8, 4) is 22.3 Å². The van der Waals surface area contributed by atoms with Crippen LogP contribution in [0.3, 0.4) is 0 Å². The Labute approximate surface area is 266 Å². The molecule has 0 fully saturated rings. The summed E-state index contributed by atoms with van der Waals surface area (Å²) in [5.41, 5.74) is 13.8. The van der Waals surface area contributed by atoms with Crippen LogP contribution in [-0.4, -0.2) is 0 Å². The maximum absolute atomic E-state index is 2.49. The molecule has 0 amide bonds. The zero-order valence-corrected chi connectivity index (χ0v) is 25.3. The van der Waals surface area contributed by atoms with E-state index in [2.05, 4.69) is 169 Å². The third-order valence-electron chi connectivity index (χ3n) is 9.86. The van der Waals surface area contributed by atoms with Crippen molar-refractivity contribution in [1.82, 2.24) is 0 Å². The van der Waals surface area contributed by atoms with Gasteiger partial charge in [-0.3, -0.25) is 0 Å². The van der Waals surface area contributed by atoms with Gasteiger partial charge in [-0.15, -0.1) is 11.3 Å². The average molecular weight is 590 g/mol. The lowest BCUT2D eigenvalue weighted by atomic mass is 9.70. The van der Waals surface area contributed by atoms with Gasteiger partial charge in [0.1, 0.15) is 0 Å². The van der Waals surface area contributed by atoms with Crippen LogP contribution < -0.4 is 4.90 Å². The zero-order chi connectivity index (χ0) is 29.5. The molecule has 2 heteroatoms. The van der Waals surface area contributed by atoms with E-state index >= 15 is 0 Å². The molecule has 210 valence electrons. The molecule has 0 atom stereocenters. The molecule has 0 saturated heterocycles. The highest BCUT2D eigenvalue weighted by Crippen LogP contribution is 2.65. The first-order valence-corrected chi connectivity index (χ1v) is 16.3. The molecule has 1 heterocycles. The Hall–Kier alpha value is -5.44. The second kappa shape index (κ2) is 9.28. The van der Waals surface area contributed by atoms with Crippen molar-refractivity contribution in [2.45, 2.75) is 5.41 Å². The van der Waals surface area contributed by atoms with Crippen molar-refractivity contribution >= 4 is 48.6 Å². The fourth-order valence-electron chi connectivity index (χ4n) is 8.18. The minimum absolute atomic E-state index is 0.429. The molecular formula is C43H27NS. The summed E-state index contributed by atoms with van der Waals surface area (Å²) in [4.78, 5) is 2.49. The van der Waals surface area contributed by atoms with Crippen LogP contribution in [0.15, 0.2) is 164 Å². The topological polar surface area (TPSA) is 3.24 Å². The molecule has 0 saturated carbocycles. The van der Waals surface area contributed by atoms with E-state index in [1.807, 2.05) is 11.3 Å². The van der Waals surface area contributed by atoms with E-state index in [-0.39, 0.29) is 0 Å². The lowest BCUT2D eigenvalue weighted by molar-refractivity contribution is 0.793. The van der Waals surface area contributed by atoms with Crippen LogP contribution in [0.5, 0.6) is 0 Å². The Morgan fingerprint density at radius 2 is 0.956 bits per heavy atom. The second-order valence-corrected chi connectivity index (χ2v) is 13.1. The molecule has 0 aliphatic heterocycles. The number of benzene rings is 7. The number of fused-ring (bicyclic) bond motifs is 13. The summed E-state index contributed by atoms with van der Waals surface area (Å²) in [5, 5.41) is 2.62. The van der Waals surface area contributed by atoms with E-state index in [0.717, 1.165) is 11.4 Å². The number of para-hydroxylation sites is 1. The molecule has 1 aromatic heterocycles. The summed E-state index contributed by atoms with van der Waals surface area (Å²) in [6, 6.07) is 60.7. The van der Waals surface area contributed by atoms with E-state index in [9.17, 15) is 0 Å². The minimum atomic E-state index is -0.429. The maximum Gasteiger partial charge on any atom is 0.0746 e. The number of nitrogens with zero attached hydrogens (tertiary/aromatic N) is 1. The van der Waals surface area contributed by atoms with E-state index in [1.54, 1.807) is 0 Å². The van der Waals surface area contributed by atoms with Gasteiger partial charge < -0.3 is 4.90 Å². The van der Waals surface area contributed by atoms with E-state index < -0.39 is 5.41 Å². The maximum atomic E-state index is 2.49. The SMILES string of the molecule is c1ccc(N(c2ccc3sc4ccccc4c3c2)c2cccc3c2C2(c4ccccc4-c4ccccc42)c2ccccc2-3)cc1. The lowest BCUT2D eigenvalue weighted by Crippen LogP contribution is -2.28. The van der Waals surface area contributed by atoms with Crippen molar-refractivity contribution in [1.29, 1.82) is 0 Å². The first-order chi connectivity index (χ1) is 22.3. The Morgan fingerprint density at radius 1 is 0.400 bits per heavy atom. The number of thiophene rings is 1. The zero-order valence-electron chi connectivity index (χ0n) is 24.4. The van der Waals surface area contributed by atoms with Crippen LogP contribution in [0.25, 0.3) is 42.4 Å². The summed E-state index contributed by atoms with van der Waals surface area (Å²) >= 11 is 1.87.